The van der Waals surface area contributed by atoms with E-state index in [1.54, 1.807) is 0 Å². The van der Waals surface area contributed by atoms with Gasteiger partial charge in [-0.1, -0.05) is 109 Å². The topological polar surface area (TPSA) is 157 Å². The molecular formula is C30H59N3O7Si. The summed E-state index contributed by atoms with van der Waals surface area (Å²) in [6.07, 6.45) is 11.6. The summed E-state index contributed by atoms with van der Waals surface area (Å²) in [5.74, 6) is 0. The highest BCUT2D eigenvalue weighted by atomic mass is 28.4. The molecule has 0 aromatic heterocycles. The van der Waals surface area contributed by atoms with Crippen LogP contribution in [0.1, 0.15) is 105 Å². The molecule has 1 rings (SSSR count). The molecule has 4 N–H and O–H groups in total. The van der Waals surface area contributed by atoms with Crippen molar-refractivity contribution in [1.82, 2.24) is 0 Å². The summed E-state index contributed by atoms with van der Waals surface area (Å²) in [4.78, 5) is 3.02. The number of hydrogen-bond acceptors (Lipinski definition) is 8. The standard InChI is InChI=1S/C30H59N3O7Si/c1-7-8-9-10-11-12-13-14-15-16-17-18-19-20-24(40-41(5,6)30(2,3)4)23(32-33-31)22-38-29-28(37)27(36)26(35)25(21-34)39-29/h19-20,23-29,34-37H,7-18,21-22H2,1-6H3/b20-19+/t23-,24+,25?,26?,27?,28?,29?/m0/s1. The van der Waals surface area contributed by atoms with Gasteiger partial charge in [-0.2, -0.15) is 0 Å². The number of rotatable bonds is 21. The van der Waals surface area contributed by atoms with Gasteiger partial charge in [-0.05, 0) is 36.5 Å². The molecule has 41 heavy (non-hydrogen) atoms. The van der Waals surface area contributed by atoms with Crippen LogP contribution in [0.4, 0.5) is 0 Å². The second-order valence-corrected chi connectivity index (χ2v) is 17.7. The molecule has 0 radical (unpaired) electrons. The molecule has 5 unspecified atom stereocenters. The molecule has 0 amide bonds. The van der Waals surface area contributed by atoms with Crippen LogP contribution in [0.3, 0.4) is 0 Å². The van der Waals surface area contributed by atoms with Crippen molar-refractivity contribution in [3.05, 3.63) is 22.6 Å². The molecule has 0 aromatic rings. The van der Waals surface area contributed by atoms with Gasteiger partial charge in [0, 0.05) is 4.91 Å². The molecular weight excluding hydrogens is 542 g/mol. The fourth-order valence-corrected chi connectivity index (χ4v) is 5.85. The van der Waals surface area contributed by atoms with E-state index in [2.05, 4.69) is 56.9 Å². The lowest BCUT2D eigenvalue weighted by atomic mass is 9.99. The van der Waals surface area contributed by atoms with Crippen molar-refractivity contribution >= 4 is 8.32 Å². The molecule has 7 atom stereocenters. The Morgan fingerprint density at radius 1 is 0.927 bits per heavy atom. The van der Waals surface area contributed by atoms with Crippen LogP contribution in [-0.2, 0) is 13.9 Å². The zero-order valence-electron chi connectivity index (χ0n) is 26.5. The van der Waals surface area contributed by atoms with Crippen LogP contribution in [0.15, 0.2) is 17.3 Å². The van der Waals surface area contributed by atoms with Gasteiger partial charge in [-0.15, -0.1) is 0 Å². The Labute approximate surface area is 249 Å². The van der Waals surface area contributed by atoms with Crippen molar-refractivity contribution in [2.24, 2.45) is 5.11 Å². The fraction of sp³-hybridized carbons (Fsp3) is 0.933. The van der Waals surface area contributed by atoms with E-state index in [-0.39, 0.29) is 11.6 Å². The molecule has 0 spiro atoms. The summed E-state index contributed by atoms with van der Waals surface area (Å²) < 4.78 is 17.8. The van der Waals surface area contributed by atoms with E-state index < -0.39 is 57.8 Å². The van der Waals surface area contributed by atoms with Gasteiger partial charge in [0.2, 0.25) is 0 Å². The highest BCUT2D eigenvalue weighted by Gasteiger charge is 2.45. The van der Waals surface area contributed by atoms with Gasteiger partial charge in [0.1, 0.15) is 24.4 Å². The molecule has 1 saturated heterocycles. The molecule has 1 heterocycles. The first-order valence-electron chi connectivity index (χ1n) is 15.7. The minimum Gasteiger partial charge on any atom is -0.410 e. The average molecular weight is 602 g/mol. The number of allylic oxidation sites excluding steroid dienone is 1. The molecule has 240 valence electrons. The van der Waals surface area contributed by atoms with Gasteiger partial charge in [-0.25, -0.2) is 0 Å². The monoisotopic (exact) mass is 601 g/mol. The zero-order chi connectivity index (χ0) is 30.9. The van der Waals surface area contributed by atoms with Crippen LogP contribution >= 0.6 is 0 Å². The largest absolute Gasteiger partial charge is 0.410 e. The van der Waals surface area contributed by atoms with Crippen molar-refractivity contribution in [3.63, 3.8) is 0 Å². The Kier molecular flexibility index (Phi) is 18.6. The predicted molar refractivity (Wildman–Crippen MR) is 165 cm³/mol. The zero-order valence-corrected chi connectivity index (χ0v) is 27.5. The Bertz CT molecular complexity index is 772. The van der Waals surface area contributed by atoms with Crippen molar-refractivity contribution in [2.75, 3.05) is 13.2 Å². The number of aliphatic hydroxyl groups excluding tert-OH is 4. The minimum absolute atomic E-state index is 0.0753. The van der Waals surface area contributed by atoms with Crippen molar-refractivity contribution < 1.29 is 34.3 Å². The Balaban J connectivity index is 2.74. The van der Waals surface area contributed by atoms with Gasteiger partial charge >= 0.3 is 0 Å². The summed E-state index contributed by atoms with van der Waals surface area (Å²) in [6.45, 7) is 12.2. The third kappa shape index (κ3) is 13.9. The lowest BCUT2D eigenvalue weighted by Gasteiger charge is -2.41. The lowest BCUT2D eigenvalue weighted by molar-refractivity contribution is -0.302. The number of azide groups is 1. The first-order chi connectivity index (χ1) is 19.4. The average Bonchev–Trinajstić information content (AvgIpc) is 2.92. The van der Waals surface area contributed by atoms with E-state index in [4.69, 9.17) is 13.9 Å². The predicted octanol–water partition coefficient (Wildman–Crippen LogP) is 6.13. The molecule has 10 nitrogen and oxygen atoms in total. The highest BCUT2D eigenvalue weighted by Crippen LogP contribution is 2.38. The fourth-order valence-electron chi connectivity index (χ4n) is 4.58. The molecule has 0 bridgehead atoms. The quantitative estimate of drug-likeness (QED) is 0.0308. The van der Waals surface area contributed by atoms with Gasteiger partial charge in [0.05, 0.1) is 25.4 Å². The van der Waals surface area contributed by atoms with E-state index in [9.17, 15) is 26.0 Å². The van der Waals surface area contributed by atoms with E-state index in [0.717, 1.165) is 12.8 Å². The number of ether oxygens (including phenoxy) is 2. The molecule has 1 aliphatic rings. The first-order valence-corrected chi connectivity index (χ1v) is 18.6. The van der Waals surface area contributed by atoms with Crippen molar-refractivity contribution in [2.45, 2.75) is 166 Å². The summed E-state index contributed by atoms with van der Waals surface area (Å²) in [7, 11) is -2.26. The van der Waals surface area contributed by atoms with E-state index in [1.165, 1.54) is 64.2 Å². The van der Waals surface area contributed by atoms with Crippen LogP contribution in [0.25, 0.3) is 10.4 Å². The minimum atomic E-state index is -2.26. The number of hydrogen-bond donors (Lipinski definition) is 4. The smallest absolute Gasteiger partial charge is 0.192 e. The molecule has 0 aliphatic carbocycles. The van der Waals surface area contributed by atoms with E-state index in [0.29, 0.717) is 0 Å². The molecule has 1 aliphatic heterocycles. The maximum Gasteiger partial charge on any atom is 0.192 e. The third-order valence-electron chi connectivity index (χ3n) is 8.40. The van der Waals surface area contributed by atoms with Crippen LogP contribution in [0, 0.1) is 0 Å². The summed E-state index contributed by atoms with van der Waals surface area (Å²) >= 11 is 0. The SMILES string of the molecule is CCCCCCCCCCCCC/C=C/[C@@H](O[Si](C)(C)C(C)(C)C)[C@H](COC1OC(CO)C(O)C(O)C1O)N=[N+]=[N-]. The maximum absolute atomic E-state index is 10.3. The second-order valence-electron chi connectivity index (χ2n) is 12.9. The summed E-state index contributed by atoms with van der Waals surface area (Å²) in [6, 6.07) is -0.755. The van der Waals surface area contributed by atoms with Gasteiger partial charge < -0.3 is 34.3 Å². The van der Waals surface area contributed by atoms with Crippen LogP contribution < -0.4 is 0 Å². The van der Waals surface area contributed by atoms with Crippen LogP contribution in [0.5, 0.6) is 0 Å². The third-order valence-corrected chi connectivity index (χ3v) is 12.9. The Hall–Kier alpha value is -1.01. The molecule has 1 fully saturated rings. The van der Waals surface area contributed by atoms with Crippen LogP contribution in [0.2, 0.25) is 18.1 Å². The van der Waals surface area contributed by atoms with Gasteiger partial charge in [-0.3, -0.25) is 0 Å². The number of aliphatic hydroxyl groups is 4. The van der Waals surface area contributed by atoms with Crippen LogP contribution in [-0.4, -0.2) is 84.8 Å². The van der Waals surface area contributed by atoms with Gasteiger partial charge in [0.15, 0.2) is 14.6 Å². The number of nitrogens with zero attached hydrogens (tertiary/aromatic N) is 3. The molecule has 0 aromatic carbocycles. The van der Waals surface area contributed by atoms with Crippen molar-refractivity contribution in [3.8, 4) is 0 Å². The number of unbranched alkanes of at least 4 members (excludes halogenated alkanes) is 11. The second kappa shape index (κ2) is 20.0. The summed E-state index contributed by atoms with van der Waals surface area (Å²) in [5.41, 5.74) is 9.32. The first kappa shape index (κ1) is 38.0. The molecule has 11 heteroatoms. The normalized spacial score (nSPS) is 25.3. The van der Waals surface area contributed by atoms with Gasteiger partial charge in [0.25, 0.3) is 0 Å². The lowest BCUT2D eigenvalue weighted by Crippen LogP contribution is -2.59. The molecule has 0 saturated carbocycles. The summed E-state index contributed by atoms with van der Waals surface area (Å²) in [5, 5.41) is 43.8. The van der Waals surface area contributed by atoms with E-state index >= 15 is 0 Å². The maximum atomic E-state index is 10.3. The van der Waals surface area contributed by atoms with E-state index in [1.807, 2.05) is 6.08 Å². The Morgan fingerprint density at radius 2 is 1.49 bits per heavy atom. The van der Waals surface area contributed by atoms with Crippen molar-refractivity contribution in [1.29, 1.82) is 0 Å². The Morgan fingerprint density at radius 3 is 2.00 bits per heavy atom. The highest BCUT2D eigenvalue weighted by molar-refractivity contribution is 6.74.